The summed E-state index contributed by atoms with van der Waals surface area (Å²) in [6.07, 6.45) is 1.17. The first-order valence-corrected chi connectivity index (χ1v) is 9.58. The molecular weight excluding hydrogens is 320 g/mol. The van der Waals surface area contributed by atoms with Crippen LogP contribution >= 0.6 is 0 Å². The Bertz CT molecular complexity index is 396. The van der Waals surface area contributed by atoms with Gasteiger partial charge in [-0.25, -0.2) is 0 Å². The van der Waals surface area contributed by atoms with Gasteiger partial charge in [-0.15, -0.1) is 0 Å². The number of hydrogen-bond acceptors (Lipinski definition) is 5. The molecule has 1 aliphatic rings. The van der Waals surface area contributed by atoms with Gasteiger partial charge in [-0.2, -0.15) is 0 Å². The molecule has 7 nitrogen and oxygen atoms in total. The van der Waals surface area contributed by atoms with Gasteiger partial charge in [-0.1, -0.05) is 13.8 Å². The predicted molar refractivity (Wildman–Crippen MR) is 101 cm³/mol. The summed E-state index contributed by atoms with van der Waals surface area (Å²) in [6.45, 7) is 14.6. The minimum absolute atomic E-state index is 0.140. The molecule has 2 N–H and O–H groups in total. The second kappa shape index (κ2) is 12.9. The molecule has 1 saturated heterocycles. The van der Waals surface area contributed by atoms with Gasteiger partial charge in [0, 0.05) is 38.6 Å². The van der Waals surface area contributed by atoms with Crippen molar-refractivity contribution in [3.63, 3.8) is 0 Å². The van der Waals surface area contributed by atoms with Crippen LogP contribution in [-0.2, 0) is 14.3 Å². The maximum atomic E-state index is 11.4. The Kier molecular flexibility index (Phi) is 11.2. The van der Waals surface area contributed by atoms with Gasteiger partial charge in [-0.3, -0.25) is 14.7 Å². The molecule has 1 aliphatic heterocycles. The standard InChI is InChI=1S/C18H36N4O3/c1-5-19-18(20-9-7-8-17(23)25-6-2)21-14-16(15(3)4)22-10-12-24-13-11-22/h15-16H,5-14H2,1-4H3,(H2,19,20,21). The number of esters is 1. The molecule has 1 atom stereocenters. The maximum Gasteiger partial charge on any atom is 0.305 e. The predicted octanol–water partition coefficient (Wildman–Crippen LogP) is 1.24. The topological polar surface area (TPSA) is 75.2 Å². The van der Waals surface area contributed by atoms with Crippen LogP contribution in [0.25, 0.3) is 0 Å². The maximum absolute atomic E-state index is 11.4. The Morgan fingerprint density at radius 3 is 2.56 bits per heavy atom. The zero-order chi connectivity index (χ0) is 18.5. The summed E-state index contributed by atoms with van der Waals surface area (Å²) < 4.78 is 10.4. The molecule has 0 spiro atoms. The average Bonchev–Trinajstić information content (AvgIpc) is 2.59. The van der Waals surface area contributed by atoms with E-state index in [2.05, 4.69) is 36.3 Å². The van der Waals surface area contributed by atoms with E-state index in [1.54, 1.807) is 0 Å². The summed E-state index contributed by atoms with van der Waals surface area (Å²) in [4.78, 5) is 18.6. The van der Waals surface area contributed by atoms with E-state index in [1.807, 2.05) is 6.92 Å². The van der Waals surface area contributed by atoms with Crippen molar-refractivity contribution in [2.24, 2.45) is 10.9 Å². The smallest absolute Gasteiger partial charge is 0.305 e. The summed E-state index contributed by atoms with van der Waals surface area (Å²) in [7, 11) is 0. The van der Waals surface area contributed by atoms with E-state index in [9.17, 15) is 4.79 Å². The van der Waals surface area contributed by atoms with Gasteiger partial charge in [-0.05, 0) is 26.2 Å². The van der Waals surface area contributed by atoms with Crippen molar-refractivity contribution < 1.29 is 14.3 Å². The Morgan fingerprint density at radius 2 is 1.96 bits per heavy atom. The minimum Gasteiger partial charge on any atom is -0.466 e. The molecule has 0 aromatic rings. The largest absolute Gasteiger partial charge is 0.466 e. The SMILES string of the molecule is CCNC(=NCC(C(C)C)N1CCOCC1)NCCCC(=O)OCC. The third kappa shape index (κ3) is 9.07. The van der Waals surface area contributed by atoms with Gasteiger partial charge < -0.3 is 20.1 Å². The van der Waals surface area contributed by atoms with Crippen molar-refractivity contribution in [1.82, 2.24) is 15.5 Å². The number of nitrogens with one attached hydrogen (secondary N) is 2. The van der Waals surface area contributed by atoms with Crippen LogP contribution in [0.2, 0.25) is 0 Å². The van der Waals surface area contributed by atoms with E-state index in [4.69, 9.17) is 14.5 Å². The number of carbonyl (C=O) groups excluding carboxylic acids is 1. The van der Waals surface area contributed by atoms with Crippen LogP contribution in [0.4, 0.5) is 0 Å². The lowest BCUT2D eigenvalue weighted by Gasteiger charge is -2.36. The van der Waals surface area contributed by atoms with Crippen LogP contribution in [0.3, 0.4) is 0 Å². The van der Waals surface area contributed by atoms with Crippen molar-refractivity contribution >= 4 is 11.9 Å². The summed E-state index contributed by atoms with van der Waals surface area (Å²) in [5.74, 6) is 1.21. The molecule has 25 heavy (non-hydrogen) atoms. The molecular formula is C18H36N4O3. The molecule has 0 radical (unpaired) electrons. The summed E-state index contributed by atoms with van der Waals surface area (Å²) >= 11 is 0. The fraction of sp³-hybridized carbons (Fsp3) is 0.889. The van der Waals surface area contributed by atoms with E-state index in [0.717, 1.165) is 51.8 Å². The molecule has 0 bridgehead atoms. The number of aliphatic imine (C=N–C) groups is 1. The minimum atomic E-state index is -0.140. The van der Waals surface area contributed by atoms with Crippen LogP contribution < -0.4 is 10.6 Å². The lowest BCUT2D eigenvalue weighted by atomic mass is 10.0. The first-order valence-electron chi connectivity index (χ1n) is 9.58. The first kappa shape index (κ1) is 21.7. The zero-order valence-electron chi connectivity index (χ0n) is 16.3. The summed E-state index contributed by atoms with van der Waals surface area (Å²) in [5, 5.41) is 6.58. The van der Waals surface area contributed by atoms with E-state index in [-0.39, 0.29) is 5.97 Å². The van der Waals surface area contributed by atoms with Gasteiger partial charge in [0.2, 0.25) is 0 Å². The number of hydrogen-bond donors (Lipinski definition) is 2. The summed E-state index contributed by atoms with van der Waals surface area (Å²) in [6, 6.07) is 0.416. The molecule has 0 saturated carbocycles. The zero-order valence-corrected chi connectivity index (χ0v) is 16.3. The fourth-order valence-corrected chi connectivity index (χ4v) is 2.86. The molecule has 1 rings (SSSR count). The monoisotopic (exact) mass is 356 g/mol. The van der Waals surface area contributed by atoms with E-state index in [0.29, 0.717) is 31.5 Å². The highest BCUT2D eigenvalue weighted by Crippen LogP contribution is 2.13. The number of ether oxygens (including phenoxy) is 2. The van der Waals surface area contributed by atoms with E-state index < -0.39 is 0 Å². The van der Waals surface area contributed by atoms with Gasteiger partial charge in [0.05, 0.1) is 26.4 Å². The third-order valence-corrected chi connectivity index (χ3v) is 4.22. The highest BCUT2D eigenvalue weighted by Gasteiger charge is 2.23. The molecule has 1 heterocycles. The highest BCUT2D eigenvalue weighted by atomic mass is 16.5. The molecule has 0 aliphatic carbocycles. The van der Waals surface area contributed by atoms with Crippen molar-refractivity contribution in [2.45, 2.75) is 46.6 Å². The lowest BCUT2D eigenvalue weighted by Crippen LogP contribution is -2.48. The highest BCUT2D eigenvalue weighted by molar-refractivity contribution is 5.79. The number of nitrogens with zero attached hydrogens (tertiary/aromatic N) is 2. The van der Waals surface area contributed by atoms with Gasteiger partial charge in [0.25, 0.3) is 0 Å². The molecule has 0 aromatic heterocycles. The first-order chi connectivity index (χ1) is 12.1. The van der Waals surface area contributed by atoms with Crippen molar-refractivity contribution in [2.75, 3.05) is 52.5 Å². The Balaban J connectivity index is 2.46. The fourth-order valence-electron chi connectivity index (χ4n) is 2.86. The van der Waals surface area contributed by atoms with Crippen LogP contribution in [-0.4, -0.2) is 75.4 Å². The number of rotatable bonds is 10. The number of guanidine groups is 1. The second-order valence-corrected chi connectivity index (χ2v) is 6.51. The molecule has 146 valence electrons. The second-order valence-electron chi connectivity index (χ2n) is 6.51. The van der Waals surface area contributed by atoms with Crippen LogP contribution in [0.5, 0.6) is 0 Å². The Morgan fingerprint density at radius 1 is 1.24 bits per heavy atom. The Labute approximate surface area is 152 Å². The van der Waals surface area contributed by atoms with Crippen LogP contribution in [0.15, 0.2) is 4.99 Å². The average molecular weight is 357 g/mol. The van der Waals surface area contributed by atoms with Gasteiger partial charge >= 0.3 is 5.97 Å². The van der Waals surface area contributed by atoms with Gasteiger partial charge in [0.1, 0.15) is 0 Å². The van der Waals surface area contributed by atoms with Crippen molar-refractivity contribution in [3.8, 4) is 0 Å². The van der Waals surface area contributed by atoms with Crippen LogP contribution in [0.1, 0.15) is 40.5 Å². The van der Waals surface area contributed by atoms with Crippen molar-refractivity contribution in [3.05, 3.63) is 0 Å². The molecule has 0 aromatic carbocycles. The molecule has 7 heteroatoms. The molecule has 0 amide bonds. The van der Waals surface area contributed by atoms with Gasteiger partial charge in [0.15, 0.2) is 5.96 Å². The number of carbonyl (C=O) groups is 1. The van der Waals surface area contributed by atoms with Crippen LogP contribution in [0, 0.1) is 5.92 Å². The van der Waals surface area contributed by atoms with E-state index >= 15 is 0 Å². The number of morpholine rings is 1. The molecule has 1 fully saturated rings. The lowest BCUT2D eigenvalue weighted by molar-refractivity contribution is -0.143. The quantitative estimate of drug-likeness (QED) is 0.265. The summed E-state index contributed by atoms with van der Waals surface area (Å²) in [5.41, 5.74) is 0. The van der Waals surface area contributed by atoms with E-state index in [1.165, 1.54) is 0 Å². The third-order valence-electron chi connectivity index (χ3n) is 4.22. The molecule has 1 unspecified atom stereocenters. The normalized spacial score (nSPS) is 17.4. The Hall–Kier alpha value is -1.34. The van der Waals surface area contributed by atoms with Crippen molar-refractivity contribution in [1.29, 1.82) is 0 Å².